The largest absolute Gasteiger partial charge is 0.465 e. The fraction of sp³-hybridized carbons (Fsp3) is 0.227. The van der Waals surface area contributed by atoms with Gasteiger partial charge >= 0.3 is 6.61 Å². The molecule has 1 aromatic heterocycles. The summed E-state index contributed by atoms with van der Waals surface area (Å²) in [7, 11) is 0. The standard InChI is InChI=1S/C22H17F2N3O4S/c1-22-16(18(25)28)17(12-7-3-5-9-14(12)31-22)27-19(29)15(32-21(27)26-22)10-11-6-2-4-8-13(11)30-20(23)24/h2-10,16-17,20H,1H3,(H2,25,28)/b15-10-/t16-,17+,22+/m0/s1. The van der Waals surface area contributed by atoms with Crippen molar-refractivity contribution in [2.24, 2.45) is 16.6 Å². The first-order chi connectivity index (χ1) is 15.3. The Morgan fingerprint density at radius 1 is 1.28 bits per heavy atom. The normalized spacial score (nSPS) is 23.7. The fourth-order valence-electron chi connectivity index (χ4n) is 4.32. The third-order valence-corrected chi connectivity index (χ3v) is 6.59. The lowest BCUT2D eigenvalue weighted by Crippen LogP contribution is -2.59. The van der Waals surface area contributed by atoms with Gasteiger partial charge in [-0.3, -0.25) is 14.2 Å². The second-order valence-electron chi connectivity index (χ2n) is 7.62. The van der Waals surface area contributed by atoms with Gasteiger partial charge in [-0.25, -0.2) is 4.99 Å². The van der Waals surface area contributed by atoms with Crippen LogP contribution in [0.3, 0.4) is 0 Å². The van der Waals surface area contributed by atoms with Gasteiger partial charge in [0.2, 0.25) is 11.6 Å². The number of nitrogens with two attached hydrogens (primary N) is 1. The zero-order chi connectivity index (χ0) is 22.6. The first kappa shape index (κ1) is 20.4. The van der Waals surface area contributed by atoms with Gasteiger partial charge in [0.15, 0.2) is 4.80 Å². The van der Waals surface area contributed by atoms with Crippen LogP contribution >= 0.6 is 11.3 Å². The molecule has 2 aromatic carbocycles. The Balaban J connectivity index is 1.76. The Morgan fingerprint density at radius 3 is 2.75 bits per heavy atom. The number of carbonyl (C=O) groups is 1. The molecule has 0 spiro atoms. The van der Waals surface area contributed by atoms with Gasteiger partial charge in [0.05, 0.1) is 10.6 Å². The molecule has 2 aliphatic rings. The van der Waals surface area contributed by atoms with Crippen molar-refractivity contribution in [1.82, 2.24) is 4.57 Å². The van der Waals surface area contributed by atoms with Crippen LogP contribution in [0.1, 0.15) is 24.1 Å². The Labute approximate surface area is 184 Å². The van der Waals surface area contributed by atoms with Crippen molar-refractivity contribution in [3.8, 4) is 11.5 Å². The maximum atomic E-state index is 13.4. The molecular formula is C22H17F2N3O4S. The number of rotatable bonds is 4. The third-order valence-electron chi connectivity index (χ3n) is 5.61. The smallest absolute Gasteiger partial charge is 0.387 e. The minimum absolute atomic E-state index is 0.0513. The topological polar surface area (TPSA) is 95.9 Å². The third kappa shape index (κ3) is 3.10. The molecule has 164 valence electrons. The van der Waals surface area contributed by atoms with Crippen molar-refractivity contribution in [3.63, 3.8) is 0 Å². The van der Waals surface area contributed by atoms with Gasteiger partial charge in [-0.15, -0.1) is 0 Å². The van der Waals surface area contributed by atoms with Crippen LogP contribution in [0.5, 0.6) is 11.5 Å². The molecule has 2 bridgehead atoms. The van der Waals surface area contributed by atoms with E-state index >= 15 is 0 Å². The average molecular weight is 457 g/mol. The Bertz CT molecular complexity index is 1420. The maximum Gasteiger partial charge on any atom is 0.387 e. The number of carbonyl (C=O) groups excluding carboxylic acids is 1. The van der Waals surface area contributed by atoms with Gasteiger partial charge in [0.1, 0.15) is 17.4 Å². The molecule has 0 fully saturated rings. The summed E-state index contributed by atoms with van der Waals surface area (Å²) >= 11 is 1.08. The number of alkyl halides is 2. The summed E-state index contributed by atoms with van der Waals surface area (Å²) in [5.74, 6) is -1.07. The molecule has 2 N–H and O–H groups in total. The quantitative estimate of drug-likeness (QED) is 0.646. The Morgan fingerprint density at radius 2 is 2.00 bits per heavy atom. The molecule has 32 heavy (non-hydrogen) atoms. The van der Waals surface area contributed by atoms with Gasteiger partial charge in [0, 0.05) is 11.1 Å². The van der Waals surface area contributed by atoms with E-state index in [9.17, 15) is 18.4 Å². The van der Waals surface area contributed by atoms with Crippen LogP contribution in [0.4, 0.5) is 8.78 Å². The van der Waals surface area contributed by atoms with Crippen LogP contribution in [0.25, 0.3) is 6.08 Å². The molecule has 3 heterocycles. The van der Waals surface area contributed by atoms with Gasteiger partial charge in [0.25, 0.3) is 5.56 Å². The van der Waals surface area contributed by atoms with Crippen LogP contribution in [-0.2, 0) is 4.79 Å². The van der Waals surface area contributed by atoms with Crippen LogP contribution in [0.15, 0.2) is 58.3 Å². The number of primary amides is 1. The van der Waals surface area contributed by atoms with E-state index in [2.05, 4.69) is 9.73 Å². The fourth-order valence-corrected chi connectivity index (χ4v) is 5.41. The summed E-state index contributed by atoms with van der Waals surface area (Å²) in [4.78, 5) is 30.8. The molecule has 2 aliphatic heterocycles. The van der Waals surface area contributed by atoms with Gasteiger partial charge in [-0.2, -0.15) is 8.78 Å². The molecule has 3 aromatic rings. The molecule has 1 amide bonds. The lowest BCUT2D eigenvalue weighted by Gasteiger charge is -2.44. The number of thiazole rings is 1. The summed E-state index contributed by atoms with van der Waals surface area (Å²) in [6.45, 7) is -1.34. The number of fused-ring (bicyclic) bond motifs is 6. The molecule has 0 saturated carbocycles. The molecule has 0 saturated heterocycles. The number of aromatic nitrogens is 1. The van der Waals surface area contributed by atoms with Gasteiger partial charge < -0.3 is 15.2 Å². The lowest BCUT2D eigenvalue weighted by molar-refractivity contribution is -0.133. The highest BCUT2D eigenvalue weighted by atomic mass is 32.1. The highest BCUT2D eigenvalue weighted by Crippen LogP contribution is 2.46. The number of para-hydroxylation sites is 2. The van der Waals surface area contributed by atoms with Gasteiger partial charge in [-0.1, -0.05) is 47.7 Å². The van der Waals surface area contributed by atoms with Gasteiger partial charge in [-0.05, 0) is 25.1 Å². The molecule has 0 radical (unpaired) electrons. The van der Waals surface area contributed by atoms with Crippen molar-refractivity contribution in [2.75, 3.05) is 0 Å². The number of amides is 1. The van der Waals surface area contributed by atoms with E-state index in [1.54, 1.807) is 49.4 Å². The van der Waals surface area contributed by atoms with Crippen molar-refractivity contribution in [2.45, 2.75) is 25.3 Å². The molecule has 7 nitrogen and oxygen atoms in total. The number of benzene rings is 2. The minimum Gasteiger partial charge on any atom is -0.465 e. The van der Waals surface area contributed by atoms with Crippen LogP contribution in [-0.4, -0.2) is 22.8 Å². The van der Waals surface area contributed by atoms with E-state index in [0.29, 0.717) is 21.7 Å². The predicted molar refractivity (Wildman–Crippen MR) is 112 cm³/mol. The number of hydrogen-bond donors (Lipinski definition) is 1. The van der Waals surface area contributed by atoms with E-state index in [0.717, 1.165) is 11.3 Å². The zero-order valence-electron chi connectivity index (χ0n) is 16.7. The van der Waals surface area contributed by atoms with Crippen LogP contribution < -0.4 is 30.1 Å². The summed E-state index contributed by atoms with van der Waals surface area (Å²) in [5, 5.41) is 0. The van der Waals surface area contributed by atoms with E-state index in [1.807, 2.05) is 0 Å². The predicted octanol–water partition coefficient (Wildman–Crippen LogP) is 1.77. The molecule has 10 heteroatoms. The monoisotopic (exact) mass is 457 g/mol. The number of halogens is 2. The first-order valence-corrected chi connectivity index (χ1v) is 10.5. The molecule has 0 aliphatic carbocycles. The van der Waals surface area contributed by atoms with Crippen molar-refractivity contribution in [1.29, 1.82) is 0 Å². The van der Waals surface area contributed by atoms with E-state index < -0.39 is 35.8 Å². The summed E-state index contributed by atoms with van der Waals surface area (Å²) in [6.07, 6.45) is 1.48. The van der Waals surface area contributed by atoms with Crippen molar-refractivity contribution >= 4 is 23.3 Å². The highest BCUT2D eigenvalue weighted by Gasteiger charge is 2.54. The Hall–Kier alpha value is -3.53. The van der Waals surface area contributed by atoms with Crippen LogP contribution in [0, 0.1) is 5.92 Å². The molecule has 0 unspecified atom stereocenters. The van der Waals surface area contributed by atoms with E-state index in [4.69, 9.17) is 10.5 Å². The second-order valence-corrected chi connectivity index (χ2v) is 8.63. The summed E-state index contributed by atoms with van der Waals surface area (Å²) in [6, 6.07) is 12.6. The zero-order valence-corrected chi connectivity index (χ0v) is 17.5. The molecular weight excluding hydrogens is 440 g/mol. The molecule has 3 atom stereocenters. The van der Waals surface area contributed by atoms with Crippen LogP contribution in [0.2, 0.25) is 0 Å². The highest BCUT2D eigenvalue weighted by molar-refractivity contribution is 7.07. The number of hydrogen-bond acceptors (Lipinski definition) is 6. The average Bonchev–Trinajstić information content (AvgIpc) is 3.02. The summed E-state index contributed by atoms with van der Waals surface area (Å²) in [5.41, 5.74) is 5.00. The van der Waals surface area contributed by atoms with Crippen molar-refractivity contribution < 1.29 is 23.0 Å². The number of nitrogens with zero attached hydrogens (tertiary/aromatic N) is 2. The first-order valence-electron chi connectivity index (χ1n) is 9.72. The maximum absolute atomic E-state index is 13.4. The van der Waals surface area contributed by atoms with E-state index in [-0.39, 0.29) is 10.3 Å². The van der Waals surface area contributed by atoms with Crippen molar-refractivity contribution in [3.05, 3.63) is 79.3 Å². The second kappa shape index (κ2) is 7.27. The Kier molecular flexibility index (Phi) is 4.63. The minimum atomic E-state index is -3.00. The SMILES string of the molecule is C[C@@]12N=c3s/c(=C\c4ccccc4OC(F)F)c(=O)n3[C@H](c3ccccc3O1)[C@H]2C(N)=O. The van der Waals surface area contributed by atoms with E-state index in [1.165, 1.54) is 16.7 Å². The lowest BCUT2D eigenvalue weighted by atomic mass is 9.81. The molecule has 5 rings (SSSR count). The number of ether oxygens (including phenoxy) is 2. The summed E-state index contributed by atoms with van der Waals surface area (Å²) < 4.78 is 37.9.